The van der Waals surface area contributed by atoms with Gasteiger partial charge >= 0.3 is 0 Å². The predicted octanol–water partition coefficient (Wildman–Crippen LogP) is 4.31. The number of rotatable bonds is 3. The van der Waals surface area contributed by atoms with Crippen molar-refractivity contribution in [2.45, 2.75) is 50.9 Å². The predicted molar refractivity (Wildman–Crippen MR) is 118 cm³/mol. The van der Waals surface area contributed by atoms with Crippen molar-refractivity contribution in [3.63, 3.8) is 0 Å². The van der Waals surface area contributed by atoms with E-state index < -0.39 is 11.7 Å². The maximum atomic E-state index is 15.5. The fourth-order valence-corrected chi connectivity index (χ4v) is 5.47. The molecule has 31 heavy (non-hydrogen) atoms. The van der Waals surface area contributed by atoms with E-state index in [-0.39, 0.29) is 17.2 Å². The summed E-state index contributed by atoms with van der Waals surface area (Å²) in [6.07, 6.45) is 5.32. The van der Waals surface area contributed by atoms with Crippen molar-refractivity contribution >= 4 is 16.3 Å². The number of hydrogen-bond acceptors (Lipinski definition) is 6. The van der Waals surface area contributed by atoms with Crippen molar-refractivity contribution in [1.29, 1.82) is 0 Å². The minimum absolute atomic E-state index is 0.0803. The molecule has 2 aliphatic rings. The largest absolute Gasteiger partial charge is 0.507 e. The SMILES string of the molecule is C=C(c1ncc(-c2cc3ccncc3cc2O)nn1)[C@H]1C[C@@]2(C)N[C@](C)(CC2C)[C@@H]1F. The van der Waals surface area contributed by atoms with Gasteiger partial charge in [0.15, 0.2) is 5.82 Å². The molecule has 160 valence electrons. The molecular weight excluding hydrogens is 393 g/mol. The minimum Gasteiger partial charge on any atom is -0.507 e. The van der Waals surface area contributed by atoms with Crippen LogP contribution >= 0.6 is 0 Å². The maximum Gasteiger partial charge on any atom is 0.177 e. The Morgan fingerprint density at radius 3 is 2.71 bits per heavy atom. The van der Waals surface area contributed by atoms with Gasteiger partial charge in [-0.15, -0.1) is 10.2 Å². The summed E-state index contributed by atoms with van der Waals surface area (Å²) < 4.78 is 15.5. The van der Waals surface area contributed by atoms with Crippen LogP contribution in [-0.2, 0) is 0 Å². The molecule has 0 spiro atoms. The fraction of sp³-hybridized carbons (Fsp3) is 0.417. The lowest BCUT2D eigenvalue weighted by Gasteiger charge is -2.45. The number of alkyl halides is 1. The van der Waals surface area contributed by atoms with Crippen LogP contribution in [0.25, 0.3) is 27.6 Å². The molecule has 3 aromatic rings. The van der Waals surface area contributed by atoms with E-state index in [0.29, 0.717) is 35.0 Å². The van der Waals surface area contributed by atoms with Gasteiger partial charge in [-0.2, -0.15) is 0 Å². The molecule has 0 aliphatic carbocycles. The number of phenolic OH excluding ortho intramolecular Hbond substituents is 1. The van der Waals surface area contributed by atoms with E-state index >= 15 is 4.39 Å². The number of piperidine rings is 1. The van der Waals surface area contributed by atoms with Crippen molar-refractivity contribution < 1.29 is 9.50 Å². The zero-order chi connectivity index (χ0) is 22.0. The Labute approximate surface area is 180 Å². The molecule has 4 heterocycles. The number of halogens is 1. The van der Waals surface area contributed by atoms with Gasteiger partial charge in [0.1, 0.15) is 17.6 Å². The number of nitrogens with one attached hydrogen (secondary N) is 1. The highest BCUT2D eigenvalue weighted by atomic mass is 19.1. The number of hydrogen-bond donors (Lipinski definition) is 2. The third kappa shape index (κ3) is 3.10. The summed E-state index contributed by atoms with van der Waals surface area (Å²) in [4.78, 5) is 8.51. The molecule has 2 aliphatic heterocycles. The van der Waals surface area contributed by atoms with Gasteiger partial charge in [0, 0.05) is 40.3 Å². The van der Waals surface area contributed by atoms with E-state index in [1.165, 1.54) is 0 Å². The Morgan fingerprint density at radius 2 is 1.97 bits per heavy atom. The Kier molecular flexibility index (Phi) is 4.38. The third-order valence-electron chi connectivity index (χ3n) is 7.32. The Hall–Kier alpha value is -2.93. The van der Waals surface area contributed by atoms with E-state index in [1.807, 2.05) is 19.1 Å². The van der Waals surface area contributed by atoms with Gasteiger partial charge < -0.3 is 10.4 Å². The zero-order valence-corrected chi connectivity index (χ0v) is 17.9. The first-order valence-electron chi connectivity index (χ1n) is 10.6. The van der Waals surface area contributed by atoms with Crippen molar-refractivity contribution in [3.8, 4) is 17.0 Å². The normalized spacial score (nSPS) is 32.3. The highest BCUT2D eigenvalue weighted by Gasteiger charge is 2.59. The van der Waals surface area contributed by atoms with Crippen LogP contribution in [0.1, 0.15) is 39.4 Å². The highest BCUT2D eigenvalue weighted by Crippen LogP contribution is 2.51. The molecule has 7 heteroatoms. The van der Waals surface area contributed by atoms with Crippen molar-refractivity contribution in [2.24, 2.45) is 11.8 Å². The van der Waals surface area contributed by atoms with Crippen LogP contribution in [-0.4, -0.2) is 42.5 Å². The molecular formula is C24H26FN5O. The van der Waals surface area contributed by atoms with E-state index in [4.69, 9.17) is 0 Å². The molecule has 0 radical (unpaired) electrons. The van der Waals surface area contributed by atoms with Gasteiger partial charge in [-0.1, -0.05) is 13.5 Å². The first-order valence-corrected chi connectivity index (χ1v) is 10.6. The molecule has 1 unspecified atom stereocenters. The summed E-state index contributed by atoms with van der Waals surface area (Å²) >= 11 is 0. The summed E-state index contributed by atoms with van der Waals surface area (Å²) in [6.45, 7) is 10.4. The maximum absolute atomic E-state index is 15.5. The molecule has 2 fully saturated rings. The summed E-state index contributed by atoms with van der Waals surface area (Å²) in [7, 11) is 0. The highest BCUT2D eigenvalue weighted by molar-refractivity contribution is 5.89. The molecule has 5 rings (SSSR count). The van der Waals surface area contributed by atoms with Gasteiger partial charge in [-0.05, 0) is 61.8 Å². The average Bonchev–Trinajstić information content (AvgIpc) is 2.96. The van der Waals surface area contributed by atoms with Gasteiger partial charge in [-0.3, -0.25) is 4.98 Å². The Balaban J connectivity index is 1.44. The first kappa shape index (κ1) is 20.0. The molecule has 2 N–H and O–H groups in total. The van der Waals surface area contributed by atoms with Crippen molar-refractivity contribution in [3.05, 3.63) is 49.2 Å². The lowest BCUT2D eigenvalue weighted by Crippen LogP contribution is -2.61. The molecule has 0 amide bonds. The summed E-state index contributed by atoms with van der Waals surface area (Å²) in [6, 6.07) is 5.34. The third-order valence-corrected chi connectivity index (χ3v) is 7.32. The van der Waals surface area contributed by atoms with Gasteiger partial charge in [0.25, 0.3) is 0 Å². The van der Waals surface area contributed by atoms with E-state index in [9.17, 15) is 5.11 Å². The molecule has 2 bridgehead atoms. The number of benzene rings is 1. The van der Waals surface area contributed by atoms with E-state index in [0.717, 1.165) is 17.2 Å². The van der Waals surface area contributed by atoms with Crippen LogP contribution < -0.4 is 5.32 Å². The number of aromatic hydroxyl groups is 1. The second-order valence-electron chi connectivity index (χ2n) is 9.56. The van der Waals surface area contributed by atoms with Crippen LogP contribution in [0, 0.1) is 11.8 Å². The van der Waals surface area contributed by atoms with Crippen LogP contribution in [0.15, 0.2) is 43.4 Å². The van der Waals surface area contributed by atoms with Crippen LogP contribution in [0.2, 0.25) is 0 Å². The van der Waals surface area contributed by atoms with Crippen molar-refractivity contribution in [1.82, 2.24) is 25.5 Å². The summed E-state index contributed by atoms with van der Waals surface area (Å²) in [5.41, 5.74) is 0.854. The van der Waals surface area contributed by atoms with E-state index in [1.54, 1.807) is 24.7 Å². The van der Waals surface area contributed by atoms with Crippen molar-refractivity contribution in [2.75, 3.05) is 0 Å². The second kappa shape index (κ2) is 6.79. The van der Waals surface area contributed by atoms with Gasteiger partial charge in [0.05, 0.1) is 6.20 Å². The Morgan fingerprint density at radius 1 is 1.16 bits per heavy atom. The average molecular weight is 420 g/mol. The monoisotopic (exact) mass is 419 g/mol. The molecule has 2 saturated heterocycles. The number of allylic oxidation sites excluding steroid dienone is 1. The summed E-state index contributed by atoms with van der Waals surface area (Å²) in [5, 5.41) is 24.2. The molecule has 0 saturated carbocycles. The zero-order valence-electron chi connectivity index (χ0n) is 17.9. The molecule has 1 aromatic carbocycles. The van der Waals surface area contributed by atoms with Gasteiger partial charge in [-0.25, -0.2) is 9.37 Å². The molecule has 2 aromatic heterocycles. The number of phenols is 1. The minimum atomic E-state index is -1.07. The smallest absolute Gasteiger partial charge is 0.177 e. The van der Waals surface area contributed by atoms with Gasteiger partial charge in [0.2, 0.25) is 0 Å². The molecule has 6 nitrogen and oxygen atoms in total. The van der Waals surface area contributed by atoms with E-state index in [2.05, 4.69) is 45.9 Å². The lowest BCUT2D eigenvalue weighted by atomic mass is 9.74. The number of aromatic nitrogens is 4. The summed E-state index contributed by atoms with van der Waals surface area (Å²) in [5.74, 6) is 0.440. The second-order valence-corrected chi connectivity index (χ2v) is 9.56. The standard InChI is InChI=1S/C24H26FN5O/c1-13-9-24(4)21(25)18(10-23(13,3)30-24)14(2)22-27-12-19(28-29-22)17-7-15-5-6-26-11-16(15)8-20(17)31/h5-8,11-13,18,21,30-31H,2,9-10H2,1,3-4H3/t13?,18-,21-,23-,24-/m1/s1. The lowest BCUT2D eigenvalue weighted by molar-refractivity contribution is 0.0741. The molecule has 5 atom stereocenters. The first-order chi connectivity index (χ1) is 14.7. The van der Waals surface area contributed by atoms with Crippen LogP contribution in [0.4, 0.5) is 4.39 Å². The van der Waals surface area contributed by atoms with Crippen LogP contribution in [0.3, 0.4) is 0 Å². The number of pyridine rings is 1. The quantitative estimate of drug-likeness (QED) is 0.658. The topological polar surface area (TPSA) is 83.8 Å². The van der Waals surface area contributed by atoms with Crippen LogP contribution in [0.5, 0.6) is 5.75 Å². The Bertz CT molecular complexity index is 1180. The number of fused-ring (bicyclic) bond motifs is 3. The fourth-order valence-electron chi connectivity index (χ4n) is 5.47. The number of nitrogens with zero attached hydrogens (tertiary/aromatic N) is 4.